The normalized spacial score (nSPS) is 34.9. The number of nitrogens with one attached hydrogen (secondary N) is 2. The van der Waals surface area contributed by atoms with Gasteiger partial charge < -0.3 is 30.0 Å². The molecular weight excluding hydrogens is 444 g/mol. The molecule has 1 aliphatic carbocycles. The largest absolute Gasteiger partial charge is 0.387 e. The average Bonchev–Trinajstić information content (AvgIpc) is 2.87. The summed E-state index contributed by atoms with van der Waals surface area (Å²) in [7, 11) is 1.38. The Hall–Kier alpha value is -1.65. The van der Waals surface area contributed by atoms with Gasteiger partial charge in [-0.2, -0.15) is 0 Å². The Morgan fingerprint density at radius 1 is 1.33 bits per heavy atom. The molecule has 0 bridgehead atoms. The van der Waals surface area contributed by atoms with Crippen LogP contribution in [0.2, 0.25) is 0 Å². The molecule has 0 aromatic rings. The highest BCUT2D eigenvalue weighted by Gasteiger charge is 2.48. The van der Waals surface area contributed by atoms with Crippen molar-refractivity contribution in [2.24, 2.45) is 5.41 Å². The smallest absolute Gasteiger partial charge is 0.252 e. The molecule has 0 spiro atoms. The van der Waals surface area contributed by atoms with Crippen molar-refractivity contribution in [2.75, 3.05) is 12.9 Å². The Morgan fingerprint density at radius 3 is 2.70 bits per heavy atom. The van der Waals surface area contributed by atoms with Crippen LogP contribution < -0.4 is 10.6 Å². The highest BCUT2D eigenvalue weighted by molar-refractivity contribution is 8.00. The molecule has 8 nitrogen and oxygen atoms in total. The van der Waals surface area contributed by atoms with Crippen LogP contribution in [0, 0.1) is 5.41 Å². The van der Waals surface area contributed by atoms with Crippen LogP contribution in [0.5, 0.6) is 0 Å². The molecule has 184 valence electrons. The van der Waals surface area contributed by atoms with Crippen LogP contribution in [0.1, 0.15) is 34.6 Å². The molecule has 3 aliphatic rings. The van der Waals surface area contributed by atoms with E-state index < -0.39 is 42.2 Å². The van der Waals surface area contributed by atoms with Gasteiger partial charge in [-0.05, 0) is 19.3 Å². The number of hydrogen-bond acceptors (Lipinski definition) is 7. The van der Waals surface area contributed by atoms with Crippen LogP contribution in [0.15, 0.2) is 36.5 Å². The van der Waals surface area contributed by atoms with Crippen molar-refractivity contribution in [1.82, 2.24) is 10.6 Å². The standard InChI is InChI=1S/C24H36N2O6S/c1-23(2,3)12-11-16-18(27)19(32-24(4,5)31-16)20(30-6)22(29)26-15-13-33-17-10-8-7-9-14(17)25-21(15)28/h7-12,14-20,27H,13H2,1-6H3,(H,25,28)(H,26,29)/b12-11+/t14?,15?,16-,17?,18+,19-,20-/m1/s1. The number of carbonyl (C=O) groups excluding carboxylic acids is 2. The van der Waals surface area contributed by atoms with Gasteiger partial charge in [0.15, 0.2) is 11.9 Å². The molecular formula is C24H36N2O6S. The molecule has 2 saturated heterocycles. The molecule has 7 atom stereocenters. The minimum absolute atomic E-state index is 0.106. The van der Waals surface area contributed by atoms with Gasteiger partial charge in [0.1, 0.15) is 24.4 Å². The van der Waals surface area contributed by atoms with Gasteiger partial charge in [-0.25, -0.2) is 0 Å². The van der Waals surface area contributed by atoms with Crippen molar-refractivity contribution in [3.63, 3.8) is 0 Å². The van der Waals surface area contributed by atoms with Gasteiger partial charge in [0.05, 0.1) is 6.04 Å². The lowest BCUT2D eigenvalue weighted by molar-refractivity contribution is -0.334. The van der Waals surface area contributed by atoms with E-state index in [1.54, 1.807) is 31.7 Å². The summed E-state index contributed by atoms with van der Waals surface area (Å²) in [6, 6.07) is -0.835. The molecule has 0 aromatic carbocycles. The zero-order chi connectivity index (χ0) is 24.4. The second-order valence-electron chi connectivity index (χ2n) is 10.1. The van der Waals surface area contributed by atoms with Gasteiger partial charge in [-0.3, -0.25) is 9.59 Å². The van der Waals surface area contributed by atoms with Crippen molar-refractivity contribution in [3.05, 3.63) is 36.5 Å². The zero-order valence-electron chi connectivity index (χ0n) is 20.1. The SMILES string of the molecule is CO[C@@H](C(=O)NC1CSC2C=CC=CC2NC1=O)[C@@H]1OC(C)(C)O[C@H](/C=C/C(C)(C)C)[C@@H]1O. The van der Waals surface area contributed by atoms with Crippen molar-refractivity contribution in [2.45, 2.75) is 82.2 Å². The number of thioether (sulfide) groups is 1. The van der Waals surface area contributed by atoms with Crippen LogP contribution >= 0.6 is 11.8 Å². The van der Waals surface area contributed by atoms with E-state index in [1.165, 1.54) is 7.11 Å². The number of ether oxygens (including phenoxy) is 3. The van der Waals surface area contributed by atoms with Gasteiger partial charge in [0.25, 0.3) is 5.91 Å². The number of fused-ring (bicyclic) bond motifs is 1. The molecule has 9 heteroatoms. The molecule has 3 unspecified atom stereocenters. The summed E-state index contributed by atoms with van der Waals surface area (Å²) in [5.74, 6) is -1.39. The Morgan fingerprint density at radius 2 is 2.03 bits per heavy atom. The van der Waals surface area contributed by atoms with E-state index in [0.717, 1.165) is 0 Å². The first-order valence-corrected chi connectivity index (χ1v) is 12.3. The Kier molecular flexibility index (Phi) is 8.11. The van der Waals surface area contributed by atoms with E-state index in [2.05, 4.69) is 10.6 Å². The number of aliphatic hydroxyl groups excluding tert-OH is 1. The number of hydrogen-bond donors (Lipinski definition) is 3. The Bertz CT molecular complexity index is 818. The third-order valence-corrected chi connectivity index (χ3v) is 6.95. The van der Waals surface area contributed by atoms with Crippen molar-refractivity contribution >= 4 is 23.6 Å². The first-order chi connectivity index (χ1) is 15.4. The summed E-state index contributed by atoms with van der Waals surface area (Å²) in [4.78, 5) is 25.9. The zero-order valence-corrected chi connectivity index (χ0v) is 20.9. The lowest BCUT2D eigenvalue weighted by Crippen LogP contribution is -2.62. The number of aliphatic hydroxyl groups is 1. The predicted octanol–water partition coefficient (Wildman–Crippen LogP) is 1.70. The van der Waals surface area contributed by atoms with Gasteiger partial charge in [-0.1, -0.05) is 57.2 Å². The first kappa shape index (κ1) is 26.0. The van der Waals surface area contributed by atoms with Gasteiger partial charge >= 0.3 is 0 Å². The van der Waals surface area contributed by atoms with E-state index in [-0.39, 0.29) is 22.6 Å². The van der Waals surface area contributed by atoms with Crippen molar-refractivity contribution in [1.29, 1.82) is 0 Å². The average molecular weight is 481 g/mol. The van der Waals surface area contributed by atoms with E-state index >= 15 is 0 Å². The Labute approximate surface area is 200 Å². The number of amides is 2. The molecule has 3 rings (SSSR count). The maximum absolute atomic E-state index is 13.2. The Balaban J connectivity index is 1.73. The quantitative estimate of drug-likeness (QED) is 0.514. The molecule has 3 N–H and O–H groups in total. The fourth-order valence-electron chi connectivity index (χ4n) is 3.96. The van der Waals surface area contributed by atoms with Crippen molar-refractivity contribution < 1.29 is 28.9 Å². The summed E-state index contributed by atoms with van der Waals surface area (Å²) in [6.45, 7) is 9.58. The van der Waals surface area contributed by atoms with Crippen LogP contribution in [0.3, 0.4) is 0 Å². The highest BCUT2D eigenvalue weighted by atomic mass is 32.2. The van der Waals surface area contributed by atoms with E-state index in [0.29, 0.717) is 5.75 Å². The summed E-state index contributed by atoms with van der Waals surface area (Å²) < 4.78 is 17.3. The minimum Gasteiger partial charge on any atom is -0.387 e. The van der Waals surface area contributed by atoms with Gasteiger partial charge in [0.2, 0.25) is 5.91 Å². The minimum atomic E-state index is -1.14. The highest BCUT2D eigenvalue weighted by Crippen LogP contribution is 2.31. The lowest BCUT2D eigenvalue weighted by Gasteiger charge is -2.45. The second kappa shape index (κ2) is 10.3. The van der Waals surface area contributed by atoms with E-state index in [1.807, 2.05) is 51.2 Å². The first-order valence-electron chi connectivity index (χ1n) is 11.2. The number of methoxy groups -OCH3 is 1. The third-order valence-electron chi connectivity index (χ3n) is 5.59. The third kappa shape index (κ3) is 6.70. The second-order valence-corrected chi connectivity index (χ2v) is 11.3. The van der Waals surface area contributed by atoms with Crippen LogP contribution in [-0.2, 0) is 23.8 Å². The molecule has 0 aromatic heterocycles. The van der Waals surface area contributed by atoms with E-state index in [4.69, 9.17) is 14.2 Å². The summed E-state index contributed by atoms with van der Waals surface area (Å²) in [5, 5.41) is 16.9. The molecule has 2 heterocycles. The predicted molar refractivity (Wildman–Crippen MR) is 128 cm³/mol. The molecule has 2 aliphatic heterocycles. The van der Waals surface area contributed by atoms with Gasteiger partial charge in [0, 0.05) is 18.1 Å². The fourth-order valence-corrected chi connectivity index (χ4v) is 5.18. The van der Waals surface area contributed by atoms with Crippen LogP contribution in [-0.4, -0.2) is 77.3 Å². The summed E-state index contributed by atoms with van der Waals surface area (Å²) in [5.41, 5.74) is -0.106. The van der Waals surface area contributed by atoms with Gasteiger partial charge in [-0.15, -0.1) is 11.8 Å². The number of rotatable bonds is 5. The number of allylic oxidation sites excluding steroid dienone is 3. The number of carbonyl (C=O) groups is 2. The fraction of sp³-hybridized carbons (Fsp3) is 0.667. The van der Waals surface area contributed by atoms with Crippen molar-refractivity contribution in [3.8, 4) is 0 Å². The summed E-state index contributed by atoms with van der Waals surface area (Å²) in [6.07, 6.45) is 7.66. The molecule has 0 radical (unpaired) electrons. The lowest BCUT2D eigenvalue weighted by atomic mass is 9.93. The monoisotopic (exact) mass is 480 g/mol. The molecule has 2 amide bonds. The maximum Gasteiger partial charge on any atom is 0.252 e. The topological polar surface area (TPSA) is 106 Å². The van der Waals surface area contributed by atoms with E-state index in [9.17, 15) is 14.7 Å². The molecule has 33 heavy (non-hydrogen) atoms. The molecule has 2 fully saturated rings. The summed E-state index contributed by atoms with van der Waals surface area (Å²) >= 11 is 1.60. The van der Waals surface area contributed by atoms with Crippen LogP contribution in [0.25, 0.3) is 0 Å². The van der Waals surface area contributed by atoms with Crippen LogP contribution in [0.4, 0.5) is 0 Å². The maximum atomic E-state index is 13.2. The molecule has 0 saturated carbocycles.